The lowest BCUT2D eigenvalue weighted by atomic mass is 10.3. The second-order valence-corrected chi connectivity index (χ2v) is 3.73. The number of fused-ring (bicyclic) bond motifs is 1. The number of rotatable bonds is 1. The molecule has 0 radical (unpaired) electrons. The van der Waals surface area contributed by atoms with E-state index >= 15 is 0 Å². The number of hydrogen-bond donors (Lipinski definition) is 1. The third-order valence-corrected chi connectivity index (χ3v) is 2.43. The summed E-state index contributed by atoms with van der Waals surface area (Å²) in [6, 6.07) is 3.66. The zero-order valence-corrected chi connectivity index (χ0v) is 9.20. The Morgan fingerprint density at radius 1 is 1.24 bits per heavy atom. The SMILES string of the molecule is Cn1cnc(-c2nc(N)c3cccnc3n2)c1. The van der Waals surface area contributed by atoms with Crippen LogP contribution < -0.4 is 5.73 Å². The van der Waals surface area contributed by atoms with Crippen molar-refractivity contribution in [1.82, 2.24) is 24.5 Å². The summed E-state index contributed by atoms with van der Waals surface area (Å²) in [6.45, 7) is 0. The second-order valence-electron chi connectivity index (χ2n) is 3.73. The lowest BCUT2D eigenvalue weighted by Gasteiger charge is -2.01. The lowest BCUT2D eigenvalue weighted by molar-refractivity contribution is 0.913. The standard InChI is InChI=1S/C11H10N6/c1-17-5-8(14-6-17)11-15-9(12)7-3-2-4-13-10(7)16-11/h2-6H,1H3,(H2,12,13,15,16). The topological polar surface area (TPSA) is 82.5 Å². The number of imidazole rings is 1. The van der Waals surface area contributed by atoms with Gasteiger partial charge in [0.15, 0.2) is 11.5 Å². The smallest absolute Gasteiger partial charge is 0.183 e. The minimum atomic E-state index is 0.420. The van der Waals surface area contributed by atoms with Gasteiger partial charge in [0.1, 0.15) is 11.5 Å². The molecule has 0 aliphatic heterocycles. The maximum Gasteiger partial charge on any atom is 0.183 e. The molecule has 0 amide bonds. The molecule has 3 aromatic heterocycles. The van der Waals surface area contributed by atoms with Crippen molar-refractivity contribution in [3.8, 4) is 11.5 Å². The van der Waals surface area contributed by atoms with Crippen LogP contribution >= 0.6 is 0 Å². The molecule has 0 fully saturated rings. The fourth-order valence-electron chi connectivity index (χ4n) is 1.63. The molecule has 6 nitrogen and oxygen atoms in total. The van der Waals surface area contributed by atoms with Crippen LogP contribution in [0.15, 0.2) is 30.9 Å². The van der Waals surface area contributed by atoms with Gasteiger partial charge in [0.05, 0.1) is 11.7 Å². The van der Waals surface area contributed by atoms with Gasteiger partial charge in [-0.3, -0.25) is 0 Å². The molecule has 2 N–H and O–H groups in total. The van der Waals surface area contributed by atoms with Crippen LogP contribution in [0.1, 0.15) is 0 Å². The Labute approximate surface area is 97.2 Å². The zero-order valence-electron chi connectivity index (χ0n) is 9.20. The predicted octanol–water partition coefficient (Wildman–Crippen LogP) is 1.01. The average Bonchev–Trinajstić information content (AvgIpc) is 2.76. The minimum Gasteiger partial charge on any atom is -0.383 e. The number of hydrogen-bond acceptors (Lipinski definition) is 5. The number of anilines is 1. The van der Waals surface area contributed by atoms with E-state index < -0.39 is 0 Å². The highest BCUT2D eigenvalue weighted by Gasteiger charge is 2.09. The fraction of sp³-hybridized carbons (Fsp3) is 0.0909. The molecule has 0 spiro atoms. The van der Waals surface area contributed by atoms with Gasteiger partial charge in [0.25, 0.3) is 0 Å². The molecule has 0 saturated carbocycles. The Balaban J connectivity index is 2.25. The van der Waals surface area contributed by atoms with Crippen LogP contribution in [0.4, 0.5) is 5.82 Å². The predicted molar refractivity (Wildman–Crippen MR) is 63.9 cm³/mol. The van der Waals surface area contributed by atoms with Crippen LogP contribution in [0.5, 0.6) is 0 Å². The molecule has 6 heteroatoms. The van der Waals surface area contributed by atoms with Gasteiger partial charge in [-0.25, -0.2) is 19.9 Å². The van der Waals surface area contributed by atoms with Gasteiger partial charge in [0.2, 0.25) is 0 Å². The van der Waals surface area contributed by atoms with Crippen molar-refractivity contribution in [1.29, 1.82) is 0 Å². The van der Waals surface area contributed by atoms with Crippen LogP contribution in [0.3, 0.4) is 0 Å². The first-order valence-electron chi connectivity index (χ1n) is 5.10. The van der Waals surface area contributed by atoms with Gasteiger partial charge in [-0.15, -0.1) is 0 Å². The summed E-state index contributed by atoms with van der Waals surface area (Å²) in [4.78, 5) is 16.9. The Morgan fingerprint density at radius 3 is 2.88 bits per heavy atom. The van der Waals surface area contributed by atoms with Gasteiger partial charge in [-0.05, 0) is 12.1 Å². The summed E-state index contributed by atoms with van der Waals surface area (Å²) in [7, 11) is 1.89. The van der Waals surface area contributed by atoms with Crippen molar-refractivity contribution in [3.63, 3.8) is 0 Å². The monoisotopic (exact) mass is 226 g/mol. The molecule has 17 heavy (non-hydrogen) atoms. The van der Waals surface area contributed by atoms with E-state index in [0.29, 0.717) is 23.0 Å². The first-order valence-corrected chi connectivity index (χ1v) is 5.10. The number of pyridine rings is 1. The molecule has 0 aliphatic carbocycles. The molecule has 0 unspecified atom stereocenters. The second kappa shape index (κ2) is 3.51. The summed E-state index contributed by atoms with van der Waals surface area (Å²) in [6.07, 6.45) is 5.21. The van der Waals surface area contributed by atoms with Gasteiger partial charge in [0, 0.05) is 19.4 Å². The molecular formula is C11H10N6. The number of nitrogen functional groups attached to an aromatic ring is 1. The third kappa shape index (κ3) is 1.59. The quantitative estimate of drug-likeness (QED) is 0.669. The maximum absolute atomic E-state index is 5.88. The van der Waals surface area contributed by atoms with Crippen molar-refractivity contribution < 1.29 is 0 Å². The van der Waals surface area contributed by atoms with Crippen molar-refractivity contribution >= 4 is 16.9 Å². The van der Waals surface area contributed by atoms with Crippen LogP contribution in [0, 0.1) is 0 Å². The highest BCUT2D eigenvalue weighted by atomic mass is 15.1. The Hall–Kier alpha value is -2.50. The van der Waals surface area contributed by atoms with Crippen molar-refractivity contribution in [2.24, 2.45) is 7.05 Å². The lowest BCUT2D eigenvalue weighted by Crippen LogP contribution is -1.99. The van der Waals surface area contributed by atoms with E-state index in [2.05, 4.69) is 19.9 Å². The molecule has 84 valence electrons. The summed E-state index contributed by atoms with van der Waals surface area (Å²) < 4.78 is 1.83. The maximum atomic E-state index is 5.88. The Morgan fingerprint density at radius 2 is 2.12 bits per heavy atom. The number of nitrogens with zero attached hydrogens (tertiary/aromatic N) is 5. The van der Waals surface area contributed by atoms with Crippen LogP contribution in [0.2, 0.25) is 0 Å². The van der Waals surface area contributed by atoms with E-state index in [9.17, 15) is 0 Å². The number of aromatic nitrogens is 5. The van der Waals surface area contributed by atoms with Crippen LogP contribution in [-0.2, 0) is 7.05 Å². The van der Waals surface area contributed by atoms with Gasteiger partial charge in [-0.2, -0.15) is 0 Å². The van der Waals surface area contributed by atoms with Gasteiger partial charge < -0.3 is 10.3 Å². The van der Waals surface area contributed by atoms with E-state index in [1.807, 2.05) is 29.9 Å². The largest absolute Gasteiger partial charge is 0.383 e. The van der Waals surface area contributed by atoms with E-state index in [1.165, 1.54) is 0 Å². The molecule has 3 heterocycles. The molecule has 3 rings (SSSR count). The van der Waals surface area contributed by atoms with Crippen molar-refractivity contribution in [2.45, 2.75) is 0 Å². The Kier molecular flexibility index (Phi) is 2.01. The fourth-order valence-corrected chi connectivity index (χ4v) is 1.63. The molecule has 3 aromatic rings. The average molecular weight is 226 g/mol. The minimum absolute atomic E-state index is 0.420. The molecular weight excluding hydrogens is 216 g/mol. The van der Waals surface area contributed by atoms with E-state index in [4.69, 9.17) is 5.73 Å². The highest BCUT2D eigenvalue weighted by Crippen LogP contribution is 2.19. The summed E-state index contributed by atoms with van der Waals surface area (Å²) in [5, 5.41) is 0.757. The number of nitrogens with two attached hydrogens (primary N) is 1. The van der Waals surface area contributed by atoms with E-state index in [-0.39, 0.29) is 0 Å². The van der Waals surface area contributed by atoms with E-state index in [1.54, 1.807) is 12.5 Å². The first-order chi connectivity index (χ1) is 8.24. The molecule has 0 aromatic carbocycles. The van der Waals surface area contributed by atoms with Crippen LogP contribution in [0.25, 0.3) is 22.6 Å². The number of aryl methyl sites for hydroxylation is 1. The molecule has 0 saturated heterocycles. The summed E-state index contributed by atoms with van der Waals surface area (Å²) in [5.74, 6) is 0.915. The summed E-state index contributed by atoms with van der Waals surface area (Å²) >= 11 is 0. The van der Waals surface area contributed by atoms with Crippen LogP contribution in [-0.4, -0.2) is 24.5 Å². The Bertz CT molecular complexity index is 687. The molecule has 0 aliphatic rings. The summed E-state index contributed by atoms with van der Waals surface area (Å²) in [5.41, 5.74) is 7.15. The normalized spacial score (nSPS) is 10.9. The molecule has 0 atom stereocenters. The molecule has 0 bridgehead atoms. The first kappa shape index (κ1) is 9.71. The van der Waals surface area contributed by atoms with Gasteiger partial charge in [-0.1, -0.05) is 0 Å². The zero-order chi connectivity index (χ0) is 11.8. The third-order valence-electron chi connectivity index (χ3n) is 2.43. The van der Waals surface area contributed by atoms with E-state index in [0.717, 1.165) is 5.39 Å². The van der Waals surface area contributed by atoms with Crippen molar-refractivity contribution in [2.75, 3.05) is 5.73 Å². The van der Waals surface area contributed by atoms with Gasteiger partial charge >= 0.3 is 0 Å². The highest BCUT2D eigenvalue weighted by molar-refractivity contribution is 5.86. The van der Waals surface area contributed by atoms with Crippen molar-refractivity contribution in [3.05, 3.63) is 30.9 Å².